The second kappa shape index (κ2) is 9.09. The largest absolute Gasteiger partial charge is 0.497 e. The third-order valence-corrected chi connectivity index (χ3v) is 4.72. The van der Waals surface area contributed by atoms with Crippen molar-refractivity contribution in [3.8, 4) is 11.4 Å². The predicted molar refractivity (Wildman–Crippen MR) is 115 cm³/mol. The first kappa shape index (κ1) is 20.9. The van der Waals surface area contributed by atoms with E-state index in [-0.39, 0.29) is 11.9 Å². The molecule has 0 fully saturated rings. The summed E-state index contributed by atoms with van der Waals surface area (Å²) in [6, 6.07) is 16.0. The van der Waals surface area contributed by atoms with Gasteiger partial charge in [0.1, 0.15) is 5.75 Å². The van der Waals surface area contributed by atoms with E-state index in [2.05, 4.69) is 10.5 Å². The zero-order chi connectivity index (χ0) is 21.7. The Balaban J connectivity index is 1.76. The minimum absolute atomic E-state index is 0.322. The lowest BCUT2D eigenvalue weighted by Gasteiger charge is -2.10. The van der Waals surface area contributed by atoms with Crippen LogP contribution in [0.2, 0.25) is 0 Å². The maximum absolute atomic E-state index is 12.3. The van der Waals surface area contributed by atoms with E-state index in [1.807, 2.05) is 36.6 Å². The molecule has 3 rings (SSSR count). The van der Waals surface area contributed by atoms with Gasteiger partial charge in [0.05, 0.1) is 26.0 Å². The van der Waals surface area contributed by atoms with Crippen LogP contribution in [0, 0.1) is 13.8 Å². The van der Waals surface area contributed by atoms with Crippen LogP contribution >= 0.6 is 0 Å². The number of aromatic nitrogens is 1. The molecule has 7 heteroatoms. The van der Waals surface area contributed by atoms with Gasteiger partial charge in [-0.05, 0) is 62.4 Å². The fourth-order valence-electron chi connectivity index (χ4n) is 3.17. The Morgan fingerprint density at radius 1 is 1.00 bits per heavy atom. The van der Waals surface area contributed by atoms with Gasteiger partial charge in [0.25, 0.3) is 5.91 Å². The SMILES string of the molecule is COC(=O)c1ccc(-n2c(C)cc(/C=N\NC(=O)c3cccc(OC)c3)c2C)cc1. The minimum Gasteiger partial charge on any atom is -0.497 e. The zero-order valence-electron chi connectivity index (χ0n) is 17.3. The molecule has 0 spiro atoms. The molecule has 0 aliphatic rings. The molecule has 1 heterocycles. The number of rotatable bonds is 6. The van der Waals surface area contributed by atoms with E-state index in [1.54, 1.807) is 49.7 Å². The van der Waals surface area contributed by atoms with Crippen molar-refractivity contribution in [3.63, 3.8) is 0 Å². The molecule has 0 aliphatic carbocycles. The first-order chi connectivity index (χ1) is 14.4. The minimum atomic E-state index is -0.373. The molecule has 1 N–H and O–H groups in total. The molecule has 1 aromatic heterocycles. The lowest BCUT2D eigenvalue weighted by atomic mass is 10.2. The number of esters is 1. The van der Waals surface area contributed by atoms with Crippen molar-refractivity contribution in [2.45, 2.75) is 13.8 Å². The summed E-state index contributed by atoms with van der Waals surface area (Å²) in [7, 11) is 2.91. The topological polar surface area (TPSA) is 81.9 Å². The van der Waals surface area contributed by atoms with Crippen LogP contribution < -0.4 is 10.2 Å². The summed E-state index contributed by atoms with van der Waals surface area (Å²) in [6.45, 7) is 3.94. The molecule has 0 radical (unpaired) electrons. The Morgan fingerprint density at radius 2 is 1.73 bits per heavy atom. The second-order valence-corrected chi connectivity index (χ2v) is 6.63. The van der Waals surface area contributed by atoms with Crippen LogP contribution in [0.15, 0.2) is 59.7 Å². The first-order valence-electron chi connectivity index (χ1n) is 9.29. The number of carbonyl (C=O) groups is 2. The van der Waals surface area contributed by atoms with Crippen molar-refractivity contribution in [2.24, 2.45) is 5.10 Å². The smallest absolute Gasteiger partial charge is 0.337 e. The lowest BCUT2D eigenvalue weighted by Crippen LogP contribution is -2.17. The van der Waals surface area contributed by atoms with Crippen molar-refractivity contribution in [3.05, 3.63) is 82.7 Å². The second-order valence-electron chi connectivity index (χ2n) is 6.63. The van der Waals surface area contributed by atoms with Gasteiger partial charge in [-0.2, -0.15) is 5.10 Å². The van der Waals surface area contributed by atoms with Gasteiger partial charge in [0.15, 0.2) is 0 Å². The van der Waals surface area contributed by atoms with Gasteiger partial charge in [0, 0.05) is 28.2 Å². The average molecular weight is 405 g/mol. The van der Waals surface area contributed by atoms with Gasteiger partial charge in [-0.25, -0.2) is 10.2 Å². The Morgan fingerprint density at radius 3 is 2.40 bits per heavy atom. The zero-order valence-corrected chi connectivity index (χ0v) is 17.3. The fraction of sp³-hybridized carbons (Fsp3) is 0.174. The third-order valence-electron chi connectivity index (χ3n) is 4.72. The quantitative estimate of drug-likeness (QED) is 0.386. The average Bonchev–Trinajstić information content (AvgIpc) is 3.06. The number of hydrogen-bond donors (Lipinski definition) is 1. The van der Waals surface area contributed by atoms with E-state index < -0.39 is 0 Å². The summed E-state index contributed by atoms with van der Waals surface area (Å²) >= 11 is 0. The molecule has 0 aliphatic heterocycles. The van der Waals surface area contributed by atoms with Crippen LogP contribution in [-0.4, -0.2) is 36.9 Å². The molecule has 0 saturated carbocycles. The summed E-state index contributed by atoms with van der Waals surface area (Å²) < 4.78 is 11.9. The molecule has 30 heavy (non-hydrogen) atoms. The number of carbonyl (C=O) groups excluding carboxylic acids is 2. The Labute approximate surface area is 174 Å². The lowest BCUT2D eigenvalue weighted by molar-refractivity contribution is 0.0600. The van der Waals surface area contributed by atoms with E-state index in [4.69, 9.17) is 9.47 Å². The third kappa shape index (κ3) is 4.41. The summed E-state index contributed by atoms with van der Waals surface area (Å²) in [4.78, 5) is 23.9. The van der Waals surface area contributed by atoms with Crippen LogP contribution in [0.1, 0.15) is 37.7 Å². The van der Waals surface area contributed by atoms with Crippen LogP contribution in [-0.2, 0) is 4.74 Å². The van der Waals surface area contributed by atoms with Gasteiger partial charge < -0.3 is 14.0 Å². The summed E-state index contributed by atoms with van der Waals surface area (Å²) in [5.41, 5.74) is 7.23. The molecule has 154 valence electrons. The predicted octanol–water partition coefficient (Wildman–Crippen LogP) is 3.65. The standard InChI is InChI=1S/C23H23N3O4/c1-15-12-19(14-24-25-22(27)18-6-5-7-21(13-18)29-3)16(2)26(15)20-10-8-17(9-11-20)23(28)30-4/h5-14H,1-4H3,(H,25,27)/b24-14-. The summed E-state index contributed by atoms with van der Waals surface area (Å²) in [5, 5.41) is 4.09. The Hall–Kier alpha value is -3.87. The fourth-order valence-corrected chi connectivity index (χ4v) is 3.17. The number of methoxy groups -OCH3 is 2. The number of aryl methyl sites for hydroxylation is 1. The molecule has 1 amide bonds. The van der Waals surface area contributed by atoms with Crippen molar-refractivity contribution in [1.82, 2.24) is 9.99 Å². The number of ether oxygens (including phenoxy) is 2. The van der Waals surface area contributed by atoms with E-state index in [1.165, 1.54) is 7.11 Å². The highest BCUT2D eigenvalue weighted by atomic mass is 16.5. The van der Waals surface area contributed by atoms with Crippen LogP contribution in [0.3, 0.4) is 0 Å². The van der Waals surface area contributed by atoms with Gasteiger partial charge >= 0.3 is 5.97 Å². The van der Waals surface area contributed by atoms with Gasteiger partial charge in [-0.15, -0.1) is 0 Å². The molecule has 0 saturated heterocycles. The van der Waals surface area contributed by atoms with Crippen molar-refractivity contribution in [1.29, 1.82) is 0 Å². The Bertz CT molecular complexity index is 1100. The number of nitrogens with zero attached hydrogens (tertiary/aromatic N) is 2. The van der Waals surface area contributed by atoms with E-state index in [0.29, 0.717) is 16.9 Å². The first-order valence-corrected chi connectivity index (χ1v) is 9.29. The number of hydrazone groups is 1. The van der Waals surface area contributed by atoms with Crippen molar-refractivity contribution >= 4 is 18.1 Å². The number of hydrogen-bond acceptors (Lipinski definition) is 5. The van der Waals surface area contributed by atoms with Gasteiger partial charge in [-0.3, -0.25) is 4.79 Å². The maximum atomic E-state index is 12.3. The molecular formula is C23H23N3O4. The van der Waals surface area contributed by atoms with Gasteiger partial charge in [0.2, 0.25) is 0 Å². The number of amides is 1. The summed E-state index contributed by atoms with van der Waals surface area (Å²) in [6.07, 6.45) is 1.61. The molecule has 0 atom stereocenters. The van der Waals surface area contributed by atoms with Crippen molar-refractivity contribution in [2.75, 3.05) is 14.2 Å². The molecule has 0 unspecified atom stereocenters. The van der Waals surface area contributed by atoms with Crippen LogP contribution in [0.25, 0.3) is 5.69 Å². The van der Waals surface area contributed by atoms with Crippen molar-refractivity contribution < 1.29 is 19.1 Å². The maximum Gasteiger partial charge on any atom is 0.337 e. The number of nitrogens with one attached hydrogen (secondary N) is 1. The van der Waals surface area contributed by atoms with Crippen LogP contribution in [0.5, 0.6) is 5.75 Å². The van der Waals surface area contributed by atoms with E-state index >= 15 is 0 Å². The monoisotopic (exact) mass is 405 g/mol. The summed E-state index contributed by atoms with van der Waals surface area (Å²) in [5.74, 6) is -0.0900. The highest BCUT2D eigenvalue weighted by Gasteiger charge is 2.11. The number of benzene rings is 2. The van der Waals surface area contributed by atoms with Crippen LogP contribution in [0.4, 0.5) is 0 Å². The van der Waals surface area contributed by atoms with Gasteiger partial charge in [-0.1, -0.05) is 6.07 Å². The molecular weight excluding hydrogens is 382 g/mol. The molecule has 2 aromatic carbocycles. The normalized spacial score (nSPS) is 10.8. The molecule has 3 aromatic rings. The van der Waals surface area contributed by atoms with E-state index in [9.17, 15) is 9.59 Å². The molecule has 0 bridgehead atoms. The Kier molecular flexibility index (Phi) is 6.32. The van der Waals surface area contributed by atoms with E-state index in [0.717, 1.165) is 22.6 Å². The highest BCUT2D eigenvalue weighted by molar-refractivity contribution is 5.95. The molecule has 7 nitrogen and oxygen atoms in total. The highest BCUT2D eigenvalue weighted by Crippen LogP contribution is 2.20.